The molecule has 0 saturated heterocycles. The van der Waals surface area contributed by atoms with Gasteiger partial charge in [-0.1, -0.05) is 69.0 Å². The highest BCUT2D eigenvalue weighted by Crippen LogP contribution is 2.43. The van der Waals surface area contributed by atoms with Crippen molar-refractivity contribution in [3.05, 3.63) is 114 Å². The summed E-state index contributed by atoms with van der Waals surface area (Å²) in [6.45, 7) is 13.2. The number of benzene rings is 2. The molecule has 0 radical (unpaired) electrons. The molecule has 1 aromatic heterocycles. The highest BCUT2D eigenvalue weighted by atomic mass is 32.2. The van der Waals surface area contributed by atoms with Crippen LogP contribution in [0.5, 0.6) is 0 Å². The van der Waals surface area contributed by atoms with E-state index in [0.717, 1.165) is 29.8 Å². The average molecular weight is 584 g/mol. The van der Waals surface area contributed by atoms with Crippen molar-refractivity contribution < 1.29 is 19.1 Å². The minimum Gasteiger partial charge on any atom is -0.458 e. The van der Waals surface area contributed by atoms with Crippen molar-refractivity contribution in [2.75, 3.05) is 19.0 Å². The molecule has 42 heavy (non-hydrogen) atoms. The zero-order chi connectivity index (χ0) is 30.1. The van der Waals surface area contributed by atoms with Gasteiger partial charge in [0.15, 0.2) is 0 Å². The lowest BCUT2D eigenvalue weighted by Crippen LogP contribution is -2.32. The second-order valence-electron chi connectivity index (χ2n) is 9.85. The molecule has 0 saturated carbocycles. The molecule has 1 aliphatic heterocycles. The molecule has 0 spiro atoms. The molecule has 0 fully saturated rings. The Bertz CT molecular complexity index is 1460. The third-order valence-electron chi connectivity index (χ3n) is 6.83. The largest absolute Gasteiger partial charge is 0.458 e. The molecule has 7 nitrogen and oxygen atoms in total. The minimum absolute atomic E-state index is 0.0363. The fraction of sp³-hybridized carbons (Fsp3) is 0.265. The van der Waals surface area contributed by atoms with Crippen LogP contribution in [-0.2, 0) is 19.1 Å². The summed E-state index contributed by atoms with van der Waals surface area (Å²) in [4.78, 5) is 28.3. The summed E-state index contributed by atoms with van der Waals surface area (Å²) in [6, 6.07) is 18.0. The quantitative estimate of drug-likeness (QED) is 0.0992. The second kappa shape index (κ2) is 14.5. The van der Waals surface area contributed by atoms with Crippen LogP contribution in [-0.4, -0.2) is 40.7 Å². The molecule has 0 bridgehead atoms. The van der Waals surface area contributed by atoms with Crippen LogP contribution in [0.2, 0.25) is 0 Å². The van der Waals surface area contributed by atoms with Crippen molar-refractivity contribution >= 4 is 23.7 Å². The van der Waals surface area contributed by atoms with Gasteiger partial charge in [0.25, 0.3) is 0 Å². The number of nitrogens with zero attached hydrogens (tertiary/aromatic N) is 2. The van der Waals surface area contributed by atoms with Crippen LogP contribution in [0.25, 0.3) is 16.9 Å². The minimum atomic E-state index is -0.799. The third kappa shape index (κ3) is 6.94. The fourth-order valence-corrected chi connectivity index (χ4v) is 5.85. The van der Waals surface area contributed by atoms with Crippen LogP contribution in [0.1, 0.15) is 45.1 Å². The van der Waals surface area contributed by atoms with Crippen molar-refractivity contribution in [1.82, 2.24) is 15.1 Å². The third-order valence-corrected chi connectivity index (χ3v) is 7.93. The van der Waals surface area contributed by atoms with Crippen molar-refractivity contribution in [3.8, 4) is 16.9 Å². The maximum atomic E-state index is 13.5. The first-order valence-corrected chi connectivity index (χ1v) is 15.0. The number of hydrogen-bond acceptors (Lipinski definition) is 7. The average Bonchev–Trinajstić information content (AvgIpc) is 3.44. The zero-order valence-corrected chi connectivity index (χ0v) is 25.2. The maximum Gasteiger partial charge on any atom is 0.337 e. The van der Waals surface area contributed by atoms with Crippen LogP contribution >= 0.6 is 11.8 Å². The van der Waals surface area contributed by atoms with E-state index in [1.165, 1.54) is 17.0 Å². The van der Waals surface area contributed by atoms with Gasteiger partial charge in [0, 0.05) is 33.6 Å². The van der Waals surface area contributed by atoms with Crippen LogP contribution in [0.3, 0.4) is 0 Å². The Morgan fingerprint density at radius 3 is 2.10 bits per heavy atom. The number of dihydropyridines is 1. The van der Waals surface area contributed by atoms with Gasteiger partial charge in [-0.25, -0.2) is 14.3 Å². The first-order chi connectivity index (χ1) is 20.4. The Hall–Kier alpha value is -4.30. The van der Waals surface area contributed by atoms with E-state index in [0.29, 0.717) is 33.8 Å². The predicted octanol–water partition coefficient (Wildman–Crippen LogP) is 7.12. The first kappa shape index (κ1) is 30.7. The molecule has 2 aromatic carbocycles. The van der Waals surface area contributed by atoms with Gasteiger partial charge in [-0.15, -0.1) is 11.8 Å². The number of ether oxygens (including phenoxy) is 2. The molecular weight excluding hydrogens is 546 g/mol. The van der Waals surface area contributed by atoms with Crippen molar-refractivity contribution in [1.29, 1.82) is 0 Å². The predicted molar refractivity (Wildman–Crippen MR) is 168 cm³/mol. The van der Waals surface area contributed by atoms with Gasteiger partial charge in [0.05, 0.1) is 28.4 Å². The smallest absolute Gasteiger partial charge is 0.337 e. The van der Waals surface area contributed by atoms with Gasteiger partial charge in [-0.2, -0.15) is 5.10 Å². The molecule has 4 rings (SSSR count). The summed E-state index contributed by atoms with van der Waals surface area (Å²) in [6.07, 6.45) is 7.21. The van der Waals surface area contributed by atoms with Crippen molar-refractivity contribution in [3.63, 3.8) is 0 Å². The lowest BCUT2D eigenvalue weighted by molar-refractivity contribution is -0.138. The summed E-state index contributed by atoms with van der Waals surface area (Å²) in [5.41, 5.74) is 4.86. The van der Waals surface area contributed by atoms with Crippen LogP contribution in [0.4, 0.5) is 0 Å². The Labute approximate surface area is 252 Å². The summed E-state index contributed by atoms with van der Waals surface area (Å²) >= 11 is 1.82. The SMILES string of the molecule is C=CCOC(=O)C1=C(C)NC(C)=C(C(=O)OCC=C)C1c1cn(-c2ccccc2)nc1-c1ccc(SCCCC)cc1. The molecule has 1 aliphatic rings. The summed E-state index contributed by atoms with van der Waals surface area (Å²) in [7, 11) is 0. The number of allylic oxidation sites excluding steroid dienone is 2. The number of nitrogens with one attached hydrogen (secondary N) is 1. The van der Waals surface area contributed by atoms with Crippen LogP contribution < -0.4 is 5.32 Å². The molecule has 1 N–H and O–H groups in total. The Kier molecular flexibility index (Phi) is 10.6. The van der Waals surface area contributed by atoms with Crippen molar-refractivity contribution in [2.24, 2.45) is 0 Å². The molecule has 2 heterocycles. The van der Waals surface area contributed by atoms with Gasteiger partial charge in [0.2, 0.25) is 0 Å². The van der Waals surface area contributed by atoms with Crippen molar-refractivity contribution in [2.45, 2.75) is 44.4 Å². The number of esters is 2. The standard InChI is InChI=1S/C34H37N3O4S/c1-6-9-21-42-27-17-15-25(16-18-27)32-28(22-37(36-32)26-13-11-10-12-14-26)31-29(33(38)40-19-7-2)23(4)35-24(5)30(31)34(39)41-20-8-3/h7-8,10-18,22,31,35H,2-3,6,9,19-21H2,1,4-5H3. The van der Waals surface area contributed by atoms with Crippen LogP contribution in [0.15, 0.2) is 114 Å². The maximum absolute atomic E-state index is 13.5. The summed E-state index contributed by atoms with van der Waals surface area (Å²) in [5, 5.41) is 8.20. The summed E-state index contributed by atoms with van der Waals surface area (Å²) in [5.74, 6) is -0.841. The van der Waals surface area contributed by atoms with E-state index in [2.05, 4.69) is 37.5 Å². The van der Waals surface area contributed by atoms with Gasteiger partial charge in [-0.3, -0.25) is 0 Å². The van der Waals surface area contributed by atoms with E-state index in [-0.39, 0.29) is 13.2 Å². The monoisotopic (exact) mass is 583 g/mol. The topological polar surface area (TPSA) is 82.5 Å². The molecule has 0 amide bonds. The number of aromatic nitrogens is 2. The van der Waals surface area contributed by atoms with Gasteiger partial charge < -0.3 is 14.8 Å². The number of hydrogen-bond donors (Lipinski definition) is 1. The van der Waals surface area contributed by atoms with E-state index in [4.69, 9.17) is 14.6 Å². The Morgan fingerprint density at radius 2 is 1.55 bits per heavy atom. The highest BCUT2D eigenvalue weighted by Gasteiger charge is 2.40. The number of para-hydroxylation sites is 1. The summed E-state index contributed by atoms with van der Waals surface area (Å²) < 4.78 is 12.8. The number of unbranched alkanes of at least 4 members (excludes halogenated alkanes) is 1. The lowest BCUT2D eigenvalue weighted by Gasteiger charge is -2.30. The molecule has 0 unspecified atom stereocenters. The molecule has 218 valence electrons. The fourth-order valence-electron chi connectivity index (χ4n) is 4.85. The highest BCUT2D eigenvalue weighted by molar-refractivity contribution is 7.99. The number of carbonyl (C=O) groups excluding carboxylic acids is 2. The van der Waals surface area contributed by atoms with Gasteiger partial charge in [-0.05, 0) is 50.3 Å². The Balaban J connectivity index is 1.91. The van der Waals surface area contributed by atoms with Gasteiger partial charge in [0.1, 0.15) is 13.2 Å². The number of rotatable bonds is 13. The van der Waals surface area contributed by atoms with E-state index in [9.17, 15) is 9.59 Å². The van der Waals surface area contributed by atoms with Gasteiger partial charge >= 0.3 is 11.9 Å². The van der Waals surface area contributed by atoms with E-state index in [1.807, 2.05) is 60.4 Å². The first-order valence-electron chi connectivity index (χ1n) is 14.0. The molecule has 0 aliphatic carbocycles. The van der Waals surface area contributed by atoms with E-state index < -0.39 is 17.9 Å². The molecule has 0 atom stereocenters. The number of thioether (sulfide) groups is 1. The van der Waals surface area contributed by atoms with Crippen LogP contribution in [0, 0.1) is 0 Å². The van der Waals surface area contributed by atoms with E-state index >= 15 is 0 Å². The zero-order valence-electron chi connectivity index (χ0n) is 24.4. The lowest BCUT2D eigenvalue weighted by atomic mass is 9.79. The molecule has 3 aromatic rings. The Morgan fingerprint density at radius 1 is 0.952 bits per heavy atom. The van der Waals surface area contributed by atoms with E-state index in [1.54, 1.807) is 18.5 Å². The molecular formula is C34H37N3O4S. The normalized spacial score (nSPS) is 13.5. The second-order valence-corrected chi connectivity index (χ2v) is 11.0. The molecule has 8 heteroatoms. The number of carbonyl (C=O) groups is 2.